The molecule has 3 nitrogen and oxygen atoms in total. The summed E-state index contributed by atoms with van der Waals surface area (Å²) in [5, 5.41) is 1.49. The molecule has 0 bridgehead atoms. The fourth-order valence-electron chi connectivity index (χ4n) is 2.27. The van der Waals surface area contributed by atoms with Gasteiger partial charge in [0.15, 0.2) is 0 Å². The minimum Gasteiger partial charge on any atom is -0.398 e. The van der Waals surface area contributed by atoms with Crippen LogP contribution in [-0.2, 0) is 6.54 Å². The SMILES string of the molecule is Nc1cccc(F)c1Cn1ccc2ccccc2c1=O. The van der Waals surface area contributed by atoms with Gasteiger partial charge in [0.25, 0.3) is 5.56 Å². The van der Waals surface area contributed by atoms with Gasteiger partial charge in [-0.2, -0.15) is 0 Å². The van der Waals surface area contributed by atoms with Gasteiger partial charge in [-0.3, -0.25) is 4.79 Å². The van der Waals surface area contributed by atoms with E-state index in [1.807, 2.05) is 24.3 Å². The van der Waals surface area contributed by atoms with Crippen molar-refractivity contribution in [2.75, 3.05) is 5.73 Å². The number of hydrogen-bond donors (Lipinski definition) is 1. The van der Waals surface area contributed by atoms with Crippen LogP contribution in [0.25, 0.3) is 10.8 Å². The Morgan fingerprint density at radius 2 is 1.85 bits per heavy atom. The average Bonchev–Trinajstić information content (AvgIpc) is 2.45. The summed E-state index contributed by atoms with van der Waals surface area (Å²) in [6, 6.07) is 13.7. The second-order valence-electron chi connectivity index (χ2n) is 4.64. The van der Waals surface area contributed by atoms with Crippen LogP contribution in [0.2, 0.25) is 0 Å². The number of anilines is 1. The van der Waals surface area contributed by atoms with Crippen molar-refractivity contribution < 1.29 is 4.39 Å². The summed E-state index contributed by atoms with van der Waals surface area (Å²) in [6.45, 7) is 0.127. The van der Waals surface area contributed by atoms with Crippen LogP contribution in [0, 0.1) is 5.82 Å². The number of pyridine rings is 1. The third kappa shape index (κ3) is 2.05. The van der Waals surface area contributed by atoms with Crippen molar-refractivity contribution in [3.63, 3.8) is 0 Å². The van der Waals surface area contributed by atoms with E-state index in [2.05, 4.69) is 0 Å². The van der Waals surface area contributed by atoms with Crippen molar-refractivity contribution in [1.82, 2.24) is 4.57 Å². The highest BCUT2D eigenvalue weighted by molar-refractivity contribution is 5.81. The predicted octanol–water partition coefficient (Wildman–Crippen LogP) is 2.77. The third-order valence-electron chi connectivity index (χ3n) is 3.37. The lowest BCUT2D eigenvalue weighted by Crippen LogP contribution is -2.21. The Kier molecular flexibility index (Phi) is 2.99. The maximum absolute atomic E-state index is 13.8. The molecule has 3 rings (SSSR count). The van der Waals surface area contributed by atoms with Crippen LogP contribution >= 0.6 is 0 Å². The Morgan fingerprint density at radius 3 is 2.65 bits per heavy atom. The van der Waals surface area contributed by atoms with E-state index in [0.29, 0.717) is 16.6 Å². The number of fused-ring (bicyclic) bond motifs is 1. The lowest BCUT2D eigenvalue weighted by molar-refractivity contribution is 0.598. The van der Waals surface area contributed by atoms with Crippen LogP contribution in [0.15, 0.2) is 59.5 Å². The lowest BCUT2D eigenvalue weighted by Gasteiger charge is -2.10. The number of nitrogens with two attached hydrogens (primary N) is 1. The van der Waals surface area contributed by atoms with Gasteiger partial charge < -0.3 is 10.3 Å². The van der Waals surface area contributed by atoms with Gasteiger partial charge in [0.2, 0.25) is 0 Å². The summed E-state index contributed by atoms with van der Waals surface area (Å²) in [6.07, 6.45) is 1.66. The summed E-state index contributed by atoms with van der Waals surface area (Å²) in [4.78, 5) is 12.4. The normalized spacial score (nSPS) is 10.8. The van der Waals surface area contributed by atoms with Crippen LogP contribution in [-0.4, -0.2) is 4.57 Å². The summed E-state index contributed by atoms with van der Waals surface area (Å²) < 4.78 is 15.3. The molecule has 0 unspecified atom stereocenters. The maximum atomic E-state index is 13.8. The number of rotatable bonds is 2. The molecule has 1 aromatic heterocycles. The monoisotopic (exact) mass is 268 g/mol. The van der Waals surface area contributed by atoms with E-state index in [1.165, 1.54) is 10.6 Å². The van der Waals surface area contributed by atoms with Crippen molar-refractivity contribution >= 4 is 16.5 Å². The number of halogens is 1. The van der Waals surface area contributed by atoms with Crippen molar-refractivity contribution in [3.8, 4) is 0 Å². The van der Waals surface area contributed by atoms with Crippen molar-refractivity contribution in [2.24, 2.45) is 0 Å². The number of hydrogen-bond acceptors (Lipinski definition) is 2. The lowest BCUT2D eigenvalue weighted by atomic mass is 10.1. The molecule has 0 radical (unpaired) electrons. The Labute approximate surface area is 115 Å². The molecule has 2 aromatic carbocycles. The summed E-state index contributed by atoms with van der Waals surface area (Å²) >= 11 is 0. The fourth-order valence-corrected chi connectivity index (χ4v) is 2.27. The Bertz CT molecular complexity index is 819. The summed E-state index contributed by atoms with van der Waals surface area (Å²) in [5.74, 6) is -0.398. The Balaban J connectivity index is 2.12. The quantitative estimate of drug-likeness (QED) is 0.726. The van der Waals surface area contributed by atoms with Crippen molar-refractivity contribution in [3.05, 3.63) is 76.5 Å². The number of benzene rings is 2. The molecule has 0 saturated heterocycles. The standard InChI is InChI=1S/C16H13FN2O/c17-14-6-3-7-15(18)13(14)10-19-9-8-11-4-1-2-5-12(11)16(19)20/h1-9H,10,18H2. The average molecular weight is 268 g/mol. The molecular weight excluding hydrogens is 255 g/mol. The molecule has 0 fully saturated rings. The van der Waals surface area contributed by atoms with Crippen LogP contribution < -0.4 is 11.3 Å². The second kappa shape index (κ2) is 4.81. The molecule has 0 spiro atoms. The van der Waals surface area contributed by atoms with Gasteiger partial charge in [-0.1, -0.05) is 24.3 Å². The first kappa shape index (κ1) is 12.4. The predicted molar refractivity (Wildman–Crippen MR) is 78.1 cm³/mol. The van der Waals surface area contributed by atoms with E-state index in [0.717, 1.165) is 5.39 Å². The third-order valence-corrected chi connectivity index (χ3v) is 3.37. The first-order valence-corrected chi connectivity index (χ1v) is 6.28. The second-order valence-corrected chi connectivity index (χ2v) is 4.64. The van der Waals surface area contributed by atoms with Gasteiger partial charge in [-0.15, -0.1) is 0 Å². The van der Waals surface area contributed by atoms with E-state index >= 15 is 0 Å². The number of nitrogen functional groups attached to an aromatic ring is 1. The fraction of sp³-hybridized carbons (Fsp3) is 0.0625. The molecule has 4 heteroatoms. The van der Waals surface area contributed by atoms with E-state index in [1.54, 1.807) is 24.4 Å². The van der Waals surface area contributed by atoms with E-state index in [4.69, 9.17) is 5.73 Å². The molecule has 3 aromatic rings. The highest BCUT2D eigenvalue weighted by Crippen LogP contribution is 2.17. The molecule has 0 amide bonds. The Morgan fingerprint density at radius 1 is 1.05 bits per heavy atom. The van der Waals surface area contributed by atoms with Gasteiger partial charge >= 0.3 is 0 Å². The number of aromatic nitrogens is 1. The zero-order valence-corrected chi connectivity index (χ0v) is 10.7. The summed E-state index contributed by atoms with van der Waals surface area (Å²) in [5.41, 5.74) is 6.32. The van der Waals surface area contributed by atoms with Crippen molar-refractivity contribution in [1.29, 1.82) is 0 Å². The Hall–Kier alpha value is -2.62. The van der Waals surface area contributed by atoms with Crippen LogP contribution in [0.5, 0.6) is 0 Å². The van der Waals surface area contributed by atoms with Gasteiger partial charge in [-0.05, 0) is 29.7 Å². The number of nitrogens with zero attached hydrogens (tertiary/aromatic N) is 1. The topological polar surface area (TPSA) is 48.0 Å². The molecule has 2 N–H and O–H groups in total. The molecule has 20 heavy (non-hydrogen) atoms. The molecule has 0 aliphatic carbocycles. The largest absolute Gasteiger partial charge is 0.398 e. The van der Waals surface area contributed by atoms with E-state index in [-0.39, 0.29) is 12.1 Å². The van der Waals surface area contributed by atoms with Gasteiger partial charge in [-0.25, -0.2) is 4.39 Å². The molecule has 0 aliphatic heterocycles. The molecule has 100 valence electrons. The molecule has 0 saturated carbocycles. The first-order chi connectivity index (χ1) is 9.66. The molecule has 0 aliphatic rings. The highest BCUT2D eigenvalue weighted by Gasteiger charge is 2.09. The zero-order valence-electron chi connectivity index (χ0n) is 10.7. The van der Waals surface area contributed by atoms with Gasteiger partial charge in [0.05, 0.1) is 6.54 Å². The molecular formula is C16H13FN2O. The highest BCUT2D eigenvalue weighted by atomic mass is 19.1. The minimum absolute atomic E-state index is 0.127. The van der Waals surface area contributed by atoms with Crippen LogP contribution in [0.3, 0.4) is 0 Å². The van der Waals surface area contributed by atoms with Crippen LogP contribution in [0.4, 0.5) is 10.1 Å². The van der Waals surface area contributed by atoms with Crippen molar-refractivity contribution in [2.45, 2.75) is 6.54 Å². The minimum atomic E-state index is -0.398. The van der Waals surface area contributed by atoms with Gasteiger partial charge in [0, 0.05) is 22.8 Å². The maximum Gasteiger partial charge on any atom is 0.258 e. The van der Waals surface area contributed by atoms with E-state index in [9.17, 15) is 9.18 Å². The van der Waals surface area contributed by atoms with E-state index < -0.39 is 5.82 Å². The molecule has 1 heterocycles. The first-order valence-electron chi connectivity index (χ1n) is 6.28. The smallest absolute Gasteiger partial charge is 0.258 e. The zero-order chi connectivity index (χ0) is 14.1. The molecule has 0 atom stereocenters. The van der Waals surface area contributed by atoms with Gasteiger partial charge in [0.1, 0.15) is 5.82 Å². The van der Waals surface area contributed by atoms with Crippen LogP contribution in [0.1, 0.15) is 5.56 Å². The summed E-state index contributed by atoms with van der Waals surface area (Å²) in [7, 11) is 0.